The standard InChI is InChI=1S/C19H17F3N4O4/c1-23-17(28)18(29)26-24-10-12-6-8-13(9-7-12)30-11-16(27)25-15-5-3-2-4-14(15)19(20,21)22/h2-10H,11H2,1H3,(H,23,28)(H,25,27)(H,26,29)/b24-10-. The SMILES string of the molecule is CNC(=O)C(=O)N/N=C\c1ccc(OCC(=O)Nc2ccccc2C(F)(F)F)cc1. The minimum Gasteiger partial charge on any atom is -0.484 e. The highest BCUT2D eigenvalue weighted by Gasteiger charge is 2.33. The van der Waals surface area contributed by atoms with Crippen LogP contribution >= 0.6 is 0 Å². The molecule has 0 aliphatic carbocycles. The van der Waals surface area contributed by atoms with E-state index in [2.05, 4.69) is 15.7 Å². The van der Waals surface area contributed by atoms with Crippen molar-refractivity contribution in [1.82, 2.24) is 10.7 Å². The Morgan fingerprint density at radius 3 is 2.33 bits per heavy atom. The van der Waals surface area contributed by atoms with Crippen LogP contribution in [0.5, 0.6) is 5.75 Å². The molecule has 0 radical (unpaired) electrons. The largest absolute Gasteiger partial charge is 0.484 e. The van der Waals surface area contributed by atoms with Gasteiger partial charge in [-0.3, -0.25) is 14.4 Å². The zero-order chi connectivity index (χ0) is 22.1. The number of alkyl halides is 3. The van der Waals surface area contributed by atoms with E-state index in [1.54, 1.807) is 12.1 Å². The predicted molar refractivity (Wildman–Crippen MR) is 102 cm³/mol. The molecule has 0 unspecified atom stereocenters. The van der Waals surface area contributed by atoms with Gasteiger partial charge in [0.1, 0.15) is 5.75 Å². The highest BCUT2D eigenvalue weighted by molar-refractivity contribution is 6.34. The molecule has 0 spiro atoms. The maximum absolute atomic E-state index is 12.9. The summed E-state index contributed by atoms with van der Waals surface area (Å²) in [6.07, 6.45) is -3.31. The van der Waals surface area contributed by atoms with Gasteiger partial charge in [0.25, 0.3) is 5.91 Å². The van der Waals surface area contributed by atoms with Crippen LogP contribution in [0.3, 0.4) is 0 Å². The molecule has 3 N–H and O–H groups in total. The molecule has 0 aliphatic heterocycles. The number of ether oxygens (including phenoxy) is 1. The Morgan fingerprint density at radius 1 is 1.03 bits per heavy atom. The second kappa shape index (κ2) is 10.0. The number of carbonyl (C=O) groups is 3. The molecule has 0 bridgehead atoms. The molecule has 30 heavy (non-hydrogen) atoms. The molecule has 0 heterocycles. The third-order valence-electron chi connectivity index (χ3n) is 3.57. The summed E-state index contributed by atoms with van der Waals surface area (Å²) in [5, 5.41) is 7.92. The van der Waals surface area contributed by atoms with Gasteiger partial charge in [-0.05, 0) is 42.0 Å². The van der Waals surface area contributed by atoms with Crippen LogP contribution in [-0.2, 0) is 20.6 Å². The smallest absolute Gasteiger partial charge is 0.418 e. The van der Waals surface area contributed by atoms with Gasteiger partial charge in [0, 0.05) is 7.05 Å². The van der Waals surface area contributed by atoms with E-state index in [4.69, 9.17) is 4.74 Å². The number of benzene rings is 2. The van der Waals surface area contributed by atoms with Crippen LogP contribution in [-0.4, -0.2) is 37.6 Å². The van der Waals surface area contributed by atoms with E-state index < -0.39 is 36.1 Å². The van der Waals surface area contributed by atoms with Gasteiger partial charge in [-0.1, -0.05) is 12.1 Å². The van der Waals surface area contributed by atoms with Gasteiger partial charge in [0.2, 0.25) is 0 Å². The molecule has 8 nitrogen and oxygen atoms in total. The summed E-state index contributed by atoms with van der Waals surface area (Å²) in [5.41, 5.74) is 1.28. The van der Waals surface area contributed by atoms with Crippen LogP contribution < -0.4 is 20.8 Å². The van der Waals surface area contributed by atoms with Crippen LogP contribution in [0.25, 0.3) is 0 Å². The zero-order valence-electron chi connectivity index (χ0n) is 15.6. The molecule has 0 atom stereocenters. The Hall–Kier alpha value is -3.89. The number of likely N-dealkylation sites (N-methyl/N-ethyl adjacent to an activating group) is 1. The minimum atomic E-state index is -4.60. The third-order valence-corrected chi connectivity index (χ3v) is 3.57. The number of hydrazone groups is 1. The number of rotatable bonds is 6. The predicted octanol–water partition coefficient (Wildman–Crippen LogP) is 1.92. The fraction of sp³-hybridized carbons (Fsp3) is 0.158. The highest BCUT2D eigenvalue weighted by Crippen LogP contribution is 2.34. The number of nitrogens with zero attached hydrogens (tertiary/aromatic N) is 1. The summed E-state index contributed by atoms with van der Waals surface area (Å²) < 4.78 is 44.1. The number of hydrogen-bond acceptors (Lipinski definition) is 5. The fourth-order valence-electron chi connectivity index (χ4n) is 2.15. The summed E-state index contributed by atoms with van der Waals surface area (Å²) in [4.78, 5) is 34.1. The first kappa shape index (κ1) is 22.4. The fourth-order valence-corrected chi connectivity index (χ4v) is 2.15. The summed E-state index contributed by atoms with van der Waals surface area (Å²) >= 11 is 0. The first-order valence-electron chi connectivity index (χ1n) is 8.44. The lowest BCUT2D eigenvalue weighted by molar-refractivity contribution is -0.138. The van der Waals surface area contributed by atoms with Crippen molar-refractivity contribution in [2.75, 3.05) is 19.0 Å². The number of nitrogens with one attached hydrogen (secondary N) is 3. The summed E-state index contributed by atoms with van der Waals surface area (Å²) in [7, 11) is 1.31. The van der Waals surface area contributed by atoms with Crippen molar-refractivity contribution < 1.29 is 32.3 Å². The number of para-hydroxylation sites is 1. The van der Waals surface area contributed by atoms with E-state index in [9.17, 15) is 27.6 Å². The number of amides is 3. The van der Waals surface area contributed by atoms with Crippen molar-refractivity contribution in [3.8, 4) is 5.75 Å². The second-order valence-corrected chi connectivity index (χ2v) is 5.73. The lowest BCUT2D eigenvalue weighted by Crippen LogP contribution is -2.35. The Labute approximate surface area is 169 Å². The Kier molecular flexibility index (Phi) is 7.50. The zero-order valence-corrected chi connectivity index (χ0v) is 15.6. The van der Waals surface area contributed by atoms with Crippen LogP contribution in [0.2, 0.25) is 0 Å². The van der Waals surface area contributed by atoms with Gasteiger partial charge in [0.05, 0.1) is 17.5 Å². The maximum Gasteiger partial charge on any atom is 0.418 e. The number of hydrogen-bond donors (Lipinski definition) is 3. The number of anilines is 1. The number of halogens is 3. The van der Waals surface area contributed by atoms with Gasteiger partial charge in [0.15, 0.2) is 6.61 Å². The van der Waals surface area contributed by atoms with E-state index in [0.717, 1.165) is 12.1 Å². The molecule has 158 valence electrons. The molecule has 2 rings (SSSR count). The quantitative estimate of drug-likeness (QED) is 0.375. The molecular formula is C19H17F3N4O4. The van der Waals surface area contributed by atoms with Crippen molar-refractivity contribution in [2.24, 2.45) is 5.10 Å². The molecule has 2 aromatic carbocycles. The van der Waals surface area contributed by atoms with Crippen LogP contribution in [0.15, 0.2) is 53.6 Å². The summed E-state index contributed by atoms with van der Waals surface area (Å²) in [6.45, 7) is -0.498. The van der Waals surface area contributed by atoms with Crippen molar-refractivity contribution in [3.05, 3.63) is 59.7 Å². The van der Waals surface area contributed by atoms with Gasteiger partial charge in [-0.15, -0.1) is 0 Å². The maximum atomic E-state index is 12.9. The molecule has 0 aliphatic rings. The normalized spacial score (nSPS) is 11.1. The van der Waals surface area contributed by atoms with Gasteiger partial charge >= 0.3 is 18.0 Å². The molecule has 0 fully saturated rings. The van der Waals surface area contributed by atoms with Gasteiger partial charge in [-0.25, -0.2) is 5.43 Å². The molecule has 3 amide bonds. The summed E-state index contributed by atoms with van der Waals surface area (Å²) in [6, 6.07) is 10.7. The minimum absolute atomic E-state index is 0.292. The molecule has 11 heteroatoms. The topological polar surface area (TPSA) is 109 Å². The molecule has 0 aromatic heterocycles. The summed E-state index contributed by atoms with van der Waals surface area (Å²) in [5.74, 6) is -2.23. The van der Waals surface area contributed by atoms with E-state index >= 15 is 0 Å². The van der Waals surface area contributed by atoms with Crippen molar-refractivity contribution in [3.63, 3.8) is 0 Å². The third kappa shape index (κ3) is 6.62. The molecule has 0 saturated heterocycles. The lowest BCUT2D eigenvalue weighted by atomic mass is 10.1. The first-order valence-corrected chi connectivity index (χ1v) is 8.44. The average Bonchev–Trinajstić information content (AvgIpc) is 2.72. The molecular weight excluding hydrogens is 405 g/mol. The van der Waals surface area contributed by atoms with Gasteiger partial charge in [-0.2, -0.15) is 18.3 Å². The monoisotopic (exact) mass is 422 g/mol. The van der Waals surface area contributed by atoms with Crippen LogP contribution in [0.1, 0.15) is 11.1 Å². The van der Waals surface area contributed by atoms with E-state index in [1.807, 2.05) is 5.43 Å². The Balaban J connectivity index is 1.88. The number of carbonyl (C=O) groups excluding carboxylic acids is 3. The second-order valence-electron chi connectivity index (χ2n) is 5.73. The van der Waals surface area contributed by atoms with E-state index in [1.165, 1.54) is 37.5 Å². The van der Waals surface area contributed by atoms with Crippen molar-refractivity contribution in [2.45, 2.75) is 6.18 Å². The first-order chi connectivity index (χ1) is 14.2. The van der Waals surface area contributed by atoms with Gasteiger partial charge < -0.3 is 15.4 Å². The highest BCUT2D eigenvalue weighted by atomic mass is 19.4. The Morgan fingerprint density at radius 2 is 1.70 bits per heavy atom. The molecule has 0 saturated carbocycles. The lowest BCUT2D eigenvalue weighted by Gasteiger charge is -2.13. The Bertz CT molecular complexity index is 944. The van der Waals surface area contributed by atoms with Crippen molar-refractivity contribution in [1.29, 1.82) is 0 Å². The average molecular weight is 422 g/mol. The van der Waals surface area contributed by atoms with E-state index in [0.29, 0.717) is 11.3 Å². The van der Waals surface area contributed by atoms with Crippen LogP contribution in [0.4, 0.5) is 18.9 Å². The van der Waals surface area contributed by atoms with Crippen molar-refractivity contribution >= 4 is 29.6 Å². The van der Waals surface area contributed by atoms with Crippen LogP contribution in [0, 0.1) is 0 Å². The molecule has 2 aromatic rings. The van der Waals surface area contributed by atoms with E-state index in [-0.39, 0.29) is 5.69 Å².